The van der Waals surface area contributed by atoms with Crippen LogP contribution in [0.2, 0.25) is 0 Å². The topological polar surface area (TPSA) is 75.7 Å². The van der Waals surface area contributed by atoms with Gasteiger partial charge in [0, 0.05) is 30.6 Å². The van der Waals surface area contributed by atoms with Crippen LogP contribution in [-0.4, -0.2) is 29.8 Å². The van der Waals surface area contributed by atoms with Gasteiger partial charge in [-0.15, -0.1) is 0 Å². The highest BCUT2D eigenvalue weighted by Crippen LogP contribution is 2.25. The summed E-state index contributed by atoms with van der Waals surface area (Å²) in [6.45, 7) is 3.74. The van der Waals surface area contributed by atoms with E-state index in [-0.39, 0.29) is 11.8 Å². The van der Waals surface area contributed by atoms with Gasteiger partial charge in [-0.05, 0) is 68.5 Å². The Balaban J connectivity index is 1.28. The van der Waals surface area contributed by atoms with Crippen molar-refractivity contribution in [2.45, 2.75) is 39.2 Å². The number of carbonyl (C=O) groups excluding carboxylic acids is 2. The molecule has 1 aromatic carbocycles. The number of carbonyl (C=O) groups is 2. The average molecular weight is 421 g/mol. The molecular weight excluding hydrogens is 392 g/mol. The molecule has 1 aliphatic heterocycles. The highest BCUT2D eigenvalue weighted by atomic mass is 16.3. The first-order chi connectivity index (χ1) is 15.1. The van der Waals surface area contributed by atoms with E-state index in [1.165, 1.54) is 0 Å². The molecule has 2 aromatic heterocycles. The summed E-state index contributed by atoms with van der Waals surface area (Å²) < 4.78 is 10.9. The van der Waals surface area contributed by atoms with E-state index in [0.717, 1.165) is 48.7 Å². The number of aryl methyl sites for hydroxylation is 1. The first kappa shape index (κ1) is 21.0. The van der Waals surface area contributed by atoms with Gasteiger partial charge in [0.25, 0.3) is 5.91 Å². The highest BCUT2D eigenvalue weighted by Gasteiger charge is 2.25. The Hall–Kier alpha value is -3.28. The second-order valence-corrected chi connectivity index (χ2v) is 8.15. The number of rotatable bonds is 7. The predicted octanol–water partition coefficient (Wildman–Crippen LogP) is 4.80. The minimum atomic E-state index is 0.0173. The van der Waals surface area contributed by atoms with Crippen LogP contribution >= 0.6 is 0 Å². The maximum atomic E-state index is 13.1. The summed E-state index contributed by atoms with van der Waals surface area (Å²) in [4.78, 5) is 27.2. The monoisotopic (exact) mass is 420 g/mol. The molecule has 3 heterocycles. The van der Waals surface area contributed by atoms with Gasteiger partial charge in [0.05, 0.1) is 12.8 Å². The van der Waals surface area contributed by atoms with Crippen LogP contribution in [-0.2, 0) is 11.3 Å². The summed E-state index contributed by atoms with van der Waals surface area (Å²) in [7, 11) is 0. The standard InChI is InChI=1S/C25H28N2O4/c1-18-9-11-22(31-18)16-26-24(28)12-10-19-5-3-13-27(17-19)25(29)21-7-2-6-20(15-21)23-8-4-14-30-23/h2,4,6-9,11,14-15,19H,3,5,10,12-13,16-17H2,1H3,(H,26,28)/t19-/m1/s1. The third-order valence-electron chi connectivity index (χ3n) is 5.76. The molecule has 6 nitrogen and oxygen atoms in total. The van der Waals surface area contributed by atoms with E-state index in [0.29, 0.717) is 31.0 Å². The number of furan rings is 2. The lowest BCUT2D eigenvalue weighted by Crippen LogP contribution is -2.40. The van der Waals surface area contributed by atoms with Gasteiger partial charge in [0.1, 0.15) is 17.3 Å². The number of amides is 2. The number of nitrogens with zero attached hydrogens (tertiary/aromatic N) is 1. The molecule has 1 saturated heterocycles. The van der Waals surface area contributed by atoms with Crippen molar-refractivity contribution in [2.24, 2.45) is 5.92 Å². The summed E-state index contributed by atoms with van der Waals surface area (Å²) in [5.41, 5.74) is 1.56. The fourth-order valence-electron chi connectivity index (χ4n) is 4.11. The van der Waals surface area contributed by atoms with Gasteiger partial charge in [-0.2, -0.15) is 0 Å². The van der Waals surface area contributed by atoms with Gasteiger partial charge in [-0.25, -0.2) is 0 Å². The zero-order valence-electron chi connectivity index (χ0n) is 17.8. The molecule has 6 heteroatoms. The van der Waals surface area contributed by atoms with Gasteiger partial charge >= 0.3 is 0 Å². The third-order valence-corrected chi connectivity index (χ3v) is 5.76. The van der Waals surface area contributed by atoms with Crippen LogP contribution in [0.5, 0.6) is 0 Å². The first-order valence-corrected chi connectivity index (χ1v) is 10.8. The largest absolute Gasteiger partial charge is 0.465 e. The fourth-order valence-corrected chi connectivity index (χ4v) is 4.11. The Morgan fingerprint density at radius 1 is 1.16 bits per heavy atom. The summed E-state index contributed by atoms with van der Waals surface area (Å²) in [6.07, 6.45) is 4.87. The molecule has 1 atom stereocenters. The van der Waals surface area contributed by atoms with Gasteiger partial charge in [-0.1, -0.05) is 12.1 Å². The lowest BCUT2D eigenvalue weighted by atomic mass is 9.92. The molecule has 1 aliphatic rings. The van der Waals surface area contributed by atoms with E-state index < -0.39 is 0 Å². The predicted molar refractivity (Wildman–Crippen MR) is 117 cm³/mol. The smallest absolute Gasteiger partial charge is 0.253 e. The van der Waals surface area contributed by atoms with Crippen LogP contribution in [0.3, 0.4) is 0 Å². The van der Waals surface area contributed by atoms with Crippen molar-refractivity contribution in [1.82, 2.24) is 10.2 Å². The number of benzene rings is 1. The lowest BCUT2D eigenvalue weighted by Gasteiger charge is -2.33. The number of hydrogen-bond acceptors (Lipinski definition) is 4. The zero-order chi connectivity index (χ0) is 21.6. The van der Waals surface area contributed by atoms with Crippen molar-refractivity contribution in [3.63, 3.8) is 0 Å². The van der Waals surface area contributed by atoms with Crippen molar-refractivity contribution in [1.29, 1.82) is 0 Å². The van der Waals surface area contributed by atoms with Crippen LogP contribution in [0.1, 0.15) is 47.6 Å². The van der Waals surface area contributed by atoms with Crippen LogP contribution in [0.25, 0.3) is 11.3 Å². The van der Waals surface area contributed by atoms with E-state index in [9.17, 15) is 9.59 Å². The Labute approximate surface area is 182 Å². The SMILES string of the molecule is Cc1ccc(CNC(=O)CC[C@H]2CCCN(C(=O)c3cccc(-c4ccco4)c3)C2)o1. The molecule has 1 fully saturated rings. The first-order valence-electron chi connectivity index (χ1n) is 10.8. The van der Waals surface area contributed by atoms with Crippen molar-refractivity contribution in [3.8, 4) is 11.3 Å². The molecule has 0 bridgehead atoms. The Kier molecular flexibility index (Phi) is 6.55. The highest BCUT2D eigenvalue weighted by molar-refractivity contribution is 5.95. The quantitative estimate of drug-likeness (QED) is 0.596. The zero-order valence-corrected chi connectivity index (χ0v) is 17.8. The van der Waals surface area contributed by atoms with Crippen LogP contribution in [0.15, 0.2) is 63.6 Å². The molecule has 2 amide bonds. The second-order valence-electron chi connectivity index (χ2n) is 8.15. The molecule has 0 radical (unpaired) electrons. The number of piperidine rings is 1. The van der Waals surface area contributed by atoms with E-state index in [4.69, 9.17) is 8.83 Å². The molecule has 0 spiro atoms. The molecule has 0 unspecified atom stereocenters. The summed E-state index contributed by atoms with van der Waals surface area (Å²) >= 11 is 0. The van der Waals surface area contributed by atoms with Crippen molar-refractivity contribution in [3.05, 3.63) is 71.9 Å². The van der Waals surface area contributed by atoms with Crippen molar-refractivity contribution in [2.75, 3.05) is 13.1 Å². The van der Waals surface area contributed by atoms with Gasteiger partial charge in [0.2, 0.25) is 5.91 Å². The Morgan fingerprint density at radius 3 is 2.84 bits per heavy atom. The molecule has 1 N–H and O–H groups in total. The van der Waals surface area contributed by atoms with E-state index >= 15 is 0 Å². The second kappa shape index (κ2) is 9.69. The number of likely N-dealkylation sites (tertiary alicyclic amines) is 1. The van der Waals surface area contributed by atoms with Crippen LogP contribution in [0, 0.1) is 12.8 Å². The molecule has 31 heavy (non-hydrogen) atoms. The Bertz CT molecular complexity index is 1020. The molecule has 4 rings (SSSR count). The molecule has 162 valence electrons. The molecule has 0 saturated carbocycles. The van der Waals surface area contributed by atoms with E-state index in [2.05, 4.69) is 5.32 Å². The summed E-state index contributed by atoms with van der Waals surface area (Å²) in [6, 6.07) is 15.1. The minimum absolute atomic E-state index is 0.0173. The van der Waals surface area contributed by atoms with E-state index in [1.807, 2.05) is 60.4 Å². The third kappa shape index (κ3) is 5.45. The Morgan fingerprint density at radius 2 is 2.06 bits per heavy atom. The molecule has 3 aromatic rings. The lowest BCUT2D eigenvalue weighted by molar-refractivity contribution is -0.121. The molecular formula is C25H28N2O4. The number of nitrogens with one attached hydrogen (secondary N) is 1. The fraction of sp³-hybridized carbons (Fsp3) is 0.360. The van der Waals surface area contributed by atoms with Gasteiger partial charge in [-0.3, -0.25) is 9.59 Å². The summed E-state index contributed by atoms with van der Waals surface area (Å²) in [5, 5.41) is 2.91. The average Bonchev–Trinajstić information content (AvgIpc) is 3.48. The number of hydrogen-bond donors (Lipinski definition) is 1. The van der Waals surface area contributed by atoms with Crippen LogP contribution in [0.4, 0.5) is 0 Å². The normalized spacial score (nSPS) is 16.3. The van der Waals surface area contributed by atoms with Crippen LogP contribution < -0.4 is 5.32 Å². The minimum Gasteiger partial charge on any atom is -0.465 e. The summed E-state index contributed by atoms with van der Waals surface area (Å²) in [5.74, 6) is 2.74. The van der Waals surface area contributed by atoms with E-state index in [1.54, 1.807) is 6.26 Å². The van der Waals surface area contributed by atoms with Crippen molar-refractivity contribution >= 4 is 11.8 Å². The molecule has 0 aliphatic carbocycles. The van der Waals surface area contributed by atoms with Gasteiger partial charge < -0.3 is 19.1 Å². The van der Waals surface area contributed by atoms with Crippen molar-refractivity contribution < 1.29 is 18.4 Å². The maximum absolute atomic E-state index is 13.1. The maximum Gasteiger partial charge on any atom is 0.253 e. The van der Waals surface area contributed by atoms with Gasteiger partial charge in [0.15, 0.2) is 0 Å².